The Morgan fingerprint density at radius 1 is 1.28 bits per heavy atom. The largest absolute Gasteiger partial charge is 0.356 e. The predicted molar refractivity (Wildman–Crippen MR) is 79.0 cm³/mol. The summed E-state index contributed by atoms with van der Waals surface area (Å²) in [5.41, 5.74) is 1.27. The zero-order valence-electron chi connectivity index (χ0n) is 12.6. The molecule has 3 heteroatoms. The summed E-state index contributed by atoms with van der Waals surface area (Å²) >= 11 is 0. The van der Waals surface area contributed by atoms with E-state index >= 15 is 0 Å². The Morgan fingerprint density at radius 3 is 2.50 bits per heavy atom. The molecule has 1 rings (SSSR count). The van der Waals surface area contributed by atoms with E-state index in [1.807, 2.05) is 12.3 Å². The van der Waals surface area contributed by atoms with Gasteiger partial charge in [0.25, 0.3) is 0 Å². The maximum atomic E-state index is 4.57. The lowest BCUT2D eigenvalue weighted by molar-refractivity contribution is 0.498. The van der Waals surface area contributed by atoms with Crippen LogP contribution in [0.5, 0.6) is 0 Å². The van der Waals surface area contributed by atoms with Crippen LogP contribution in [0.4, 0.5) is 5.82 Å². The van der Waals surface area contributed by atoms with Crippen molar-refractivity contribution in [2.45, 2.75) is 46.7 Å². The van der Waals surface area contributed by atoms with Gasteiger partial charge in [0.05, 0.1) is 0 Å². The minimum Gasteiger partial charge on any atom is -0.356 e. The van der Waals surface area contributed by atoms with Crippen molar-refractivity contribution >= 4 is 5.82 Å². The number of anilines is 1. The highest BCUT2D eigenvalue weighted by molar-refractivity contribution is 5.48. The molecule has 0 aliphatic carbocycles. The Labute approximate surface area is 112 Å². The van der Waals surface area contributed by atoms with Gasteiger partial charge in [0.1, 0.15) is 5.82 Å². The molecule has 1 heterocycles. The second-order valence-corrected chi connectivity index (χ2v) is 5.29. The predicted octanol–water partition coefficient (Wildman–Crippen LogP) is 3.23. The molecular formula is C15H27N3. The van der Waals surface area contributed by atoms with Crippen molar-refractivity contribution in [2.24, 2.45) is 5.92 Å². The second kappa shape index (κ2) is 6.74. The molecule has 102 valence electrons. The zero-order chi connectivity index (χ0) is 13.7. The highest BCUT2D eigenvalue weighted by Gasteiger charge is 2.19. The molecule has 0 amide bonds. The molecule has 2 unspecified atom stereocenters. The fourth-order valence-electron chi connectivity index (χ4n) is 2.10. The fourth-order valence-corrected chi connectivity index (χ4v) is 2.10. The Balaban J connectivity index is 3.01. The average molecular weight is 249 g/mol. The van der Waals surface area contributed by atoms with Gasteiger partial charge in [-0.1, -0.05) is 26.8 Å². The number of pyridine rings is 1. The first kappa shape index (κ1) is 15.0. The monoisotopic (exact) mass is 249 g/mol. The zero-order valence-corrected chi connectivity index (χ0v) is 12.6. The SMILES string of the molecule is CCNC(C)c1cccnc1N(C)C(C)C(C)C. The number of aromatic nitrogens is 1. The third-order valence-electron chi connectivity index (χ3n) is 3.70. The molecule has 2 atom stereocenters. The van der Waals surface area contributed by atoms with Crippen LogP contribution in [0.3, 0.4) is 0 Å². The lowest BCUT2D eigenvalue weighted by atomic mass is 10.0. The molecule has 0 aromatic carbocycles. The van der Waals surface area contributed by atoms with Crippen molar-refractivity contribution in [1.82, 2.24) is 10.3 Å². The van der Waals surface area contributed by atoms with Crippen LogP contribution in [0.25, 0.3) is 0 Å². The van der Waals surface area contributed by atoms with Gasteiger partial charge >= 0.3 is 0 Å². The summed E-state index contributed by atoms with van der Waals surface area (Å²) < 4.78 is 0. The van der Waals surface area contributed by atoms with E-state index in [0.717, 1.165) is 12.4 Å². The van der Waals surface area contributed by atoms with Crippen LogP contribution in [-0.2, 0) is 0 Å². The second-order valence-electron chi connectivity index (χ2n) is 5.29. The molecule has 0 bridgehead atoms. The molecule has 0 saturated carbocycles. The van der Waals surface area contributed by atoms with E-state index in [-0.39, 0.29) is 0 Å². The van der Waals surface area contributed by atoms with Gasteiger partial charge in [-0.2, -0.15) is 0 Å². The molecule has 1 N–H and O–H groups in total. The van der Waals surface area contributed by atoms with Crippen LogP contribution in [0, 0.1) is 5.92 Å². The van der Waals surface area contributed by atoms with Crippen LogP contribution < -0.4 is 10.2 Å². The number of rotatable bonds is 6. The average Bonchev–Trinajstić information content (AvgIpc) is 2.37. The summed E-state index contributed by atoms with van der Waals surface area (Å²) in [6.45, 7) is 12.0. The van der Waals surface area contributed by atoms with Crippen molar-refractivity contribution in [3.05, 3.63) is 23.9 Å². The first-order valence-corrected chi connectivity index (χ1v) is 6.90. The highest BCUT2D eigenvalue weighted by Crippen LogP contribution is 2.25. The third kappa shape index (κ3) is 3.45. The van der Waals surface area contributed by atoms with Crippen LogP contribution in [0.15, 0.2) is 18.3 Å². The molecule has 0 aliphatic rings. The lowest BCUT2D eigenvalue weighted by Gasteiger charge is -2.31. The van der Waals surface area contributed by atoms with Gasteiger partial charge in [-0.25, -0.2) is 4.98 Å². The summed E-state index contributed by atoms with van der Waals surface area (Å²) in [6, 6.07) is 4.99. The maximum absolute atomic E-state index is 4.57. The minimum absolute atomic E-state index is 0.334. The molecule has 0 saturated heterocycles. The number of hydrogen-bond acceptors (Lipinski definition) is 3. The van der Waals surface area contributed by atoms with E-state index in [9.17, 15) is 0 Å². The van der Waals surface area contributed by atoms with E-state index in [2.05, 4.69) is 62.9 Å². The van der Waals surface area contributed by atoms with Gasteiger partial charge in [-0.05, 0) is 32.4 Å². The molecule has 1 aromatic rings. The Bertz CT molecular complexity index is 363. The molecule has 3 nitrogen and oxygen atoms in total. The van der Waals surface area contributed by atoms with Crippen LogP contribution in [0.2, 0.25) is 0 Å². The van der Waals surface area contributed by atoms with Crippen LogP contribution in [-0.4, -0.2) is 24.6 Å². The number of nitrogens with zero attached hydrogens (tertiary/aromatic N) is 2. The van der Waals surface area contributed by atoms with Gasteiger partial charge in [0, 0.05) is 30.9 Å². The first-order valence-electron chi connectivity index (χ1n) is 6.90. The maximum Gasteiger partial charge on any atom is 0.133 e. The van der Waals surface area contributed by atoms with Gasteiger partial charge in [0.2, 0.25) is 0 Å². The van der Waals surface area contributed by atoms with E-state index in [4.69, 9.17) is 0 Å². The van der Waals surface area contributed by atoms with Gasteiger partial charge < -0.3 is 10.2 Å². The van der Waals surface area contributed by atoms with Crippen LogP contribution in [0.1, 0.15) is 46.2 Å². The van der Waals surface area contributed by atoms with Gasteiger partial charge in [-0.15, -0.1) is 0 Å². The Kier molecular flexibility index (Phi) is 5.60. The summed E-state index contributed by atoms with van der Waals surface area (Å²) in [5, 5.41) is 3.46. The Hall–Kier alpha value is -1.09. The summed E-state index contributed by atoms with van der Waals surface area (Å²) in [7, 11) is 2.13. The van der Waals surface area contributed by atoms with Gasteiger partial charge in [-0.3, -0.25) is 0 Å². The Morgan fingerprint density at radius 2 is 1.94 bits per heavy atom. The van der Waals surface area contributed by atoms with Crippen molar-refractivity contribution < 1.29 is 0 Å². The molecule has 18 heavy (non-hydrogen) atoms. The summed E-state index contributed by atoms with van der Waals surface area (Å²) in [5.74, 6) is 1.70. The molecule has 0 aliphatic heterocycles. The first-order chi connectivity index (χ1) is 8.49. The van der Waals surface area contributed by atoms with E-state index in [1.165, 1.54) is 5.56 Å². The molecule has 0 fully saturated rings. The molecule has 1 aromatic heterocycles. The van der Waals surface area contributed by atoms with Crippen LogP contribution >= 0.6 is 0 Å². The van der Waals surface area contributed by atoms with Crippen molar-refractivity contribution in [1.29, 1.82) is 0 Å². The standard InChI is InChI=1S/C15H27N3/c1-7-16-12(4)14-9-8-10-17-15(14)18(6)13(5)11(2)3/h8-13,16H,7H2,1-6H3. The van der Waals surface area contributed by atoms with Crippen molar-refractivity contribution in [2.75, 3.05) is 18.5 Å². The van der Waals surface area contributed by atoms with E-state index in [1.54, 1.807) is 0 Å². The molecule has 0 spiro atoms. The lowest BCUT2D eigenvalue weighted by Crippen LogP contribution is -2.35. The van der Waals surface area contributed by atoms with E-state index < -0.39 is 0 Å². The topological polar surface area (TPSA) is 28.2 Å². The number of nitrogens with one attached hydrogen (secondary N) is 1. The quantitative estimate of drug-likeness (QED) is 0.839. The minimum atomic E-state index is 0.334. The normalized spacial score (nSPS) is 14.6. The molecular weight excluding hydrogens is 222 g/mol. The van der Waals surface area contributed by atoms with Crippen molar-refractivity contribution in [3.8, 4) is 0 Å². The molecule has 0 radical (unpaired) electrons. The van der Waals surface area contributed by atoms with Crippen molar-refractivity contribution in [3.63, 3.8) is 0 Å². The summed E-state index contributed by atoms with van der Waals surface area (Å²) in [6.07, 6.45) is 1.88. The smallest absolute Gasteiger partial charge is 0.133 e. The summed E-state index contributed by atoms with van der Waals surface area (Å²) in [4.78, 5) is 6.86. The highest BCUT2D eigenvalue weighted by atomic mass is 15.2. The third-order valence-corrected chi connectivity index (χ3v) is 3.70. The van der Waals surface area contributed by atoms with Gasteiger partial charge in [0.15, 0.2) is 0 Å². The van der Waals surface area contributed by atoms with E-state index in [0.29, 0.717) is 18.0 Å². The number of hydrogen-bond donors (Lipinski definition) is 1. The fraction of sp³-hybridized carbons (Fsp3) is 0.667.